The summed E-state index contributed by atoms with van der Waals surface area (Å²) in [5.74, 6) is -0.130. The van der Waals surface area contributed by atoms with Gasteiger partial charge < -0.3 is 10.2 Å². The smallest absolute Gasteiger partial charge is 0.223 e. The molecular weight excluding hydrogens is 415 g/mol. The summed E-state index contributed by atoms with van der Waals surface area (Å²) in [5, 5.41) is 5.32. The number of benzene rings is 1. The molecule has 3 nitrogen and oxygen atoms in total. The minimum Gasteiger partial charge on any atom is -0.333 e. The van der Waals surface area contributed by atoms with Crippen molar-refractivity contribution in [2.75, 3.05) is 19.6 Å². The minimum absolute atomic E-state index is 0. The van der Waals surface area contributed by atoms with Crippen molar-refractivity contribution in [3.63, 3.8) is 0 Å². The minimum atomic E-state index is -0.260. The molecule has 3 rings (SSSR count). The zero-order chi connectivity index (χ0) is 16.2. The zero-order valence-electron chi connectivity index (χ0n) is 13.0. The van der Waals surface area contributed by atoms with Gasteiger partial charge in [-0.15, -0.1) is 23.7 Å². The van der Waals surface area contributed by atoms with E-state index in [1.165, 1.54) is 17.0 Å². The molecule has 24 heavy (non-hydrogen) atoms. The second-order valence-corrected chi connectivity index (χ2v) is 7.50. The van der Waals surface area contributed by atoms with Crippen molar-refractivity contribution < 1.29 is 9.18 Å². The predicted molar refractivity (Wildman–Crippen MR) is 101 cm³/mol. The summed E-state index contributed by atoms with van der Waals surface area (Å²) in [6, 6.07) is 8.50. The standard InChI is InChI=1S/C17H18BrFN2OS.ClH/c18-13-9-15(23-11-13)4-5-17(22)21-7-6-20-10-16(21)12-2-1-3-14(19)8-12;/h1-3,8-9,11,16,20H,4-7,10H2;1H. The van der Waals surface area contributed by atoms with E-state index in [2.05, 4.69) is 27.3 Å². The molecule has 1 unspecified atom stereocenters. The number of hydrogen-bond donors (Lipinski definition) is 1. The predicted octanol–water partition coefficient (Wildman–Crippen LogP) is 4.18. The highest BCUT2D eigenvalue weighted by atomic mass is 79.9. The average Bonchev–Trinajstić information content (AvgIpc) is 2.98. The first kappa shape index (κ1) is 19.4. The SMILES string of the molecule is Cl.O=C(CCc1cc(Br)cs1)N1CCNCC1c1cccc(F)c1. The first-order valence-corrected chi connectivity index (χ1v) is 9.29. The maximum Gasteiger partial charge on any atom is 0.223 e. The second-order valence-electron chi connectivity index (χ2n) is 5.59. The third-order valence-corrected chi connectivity index (χ3v) is 5.76. The molecule has 1 atom stereocenters. The average molecular weight is 434 g/mol. The van der Waals surface area contributed by atoms with Crippen molar-refractivity contribution in [2.45, 2.75) is 18.9 Å². The van der Waals surface area contributed by atoms with Crippen LogP contribution >= 0.6 is 39.7 Å². The zero-order valence-corrected chi connectivity index (χ0v) is 16.2. The lowest BCUT2D eigenvalue weighted by Crippen LogP contribution is -2.48. The van der Waals surface area contributed by atoms with Gasteiger partial charge >= 0.3 is 0 Å². The molecule has 1 aliphatic rings. The van der Waals surface area contributed by atoms with Crippen LogP contribution in [-0.4, -0.2) is 30.4 Å². The molecule has 1 aliphatic heterocycles. The van der Waals surface area contributed by atoms with Crippen LogP contribution in [0.15, 0.2) is 40.2 Å². The molecule has 1 N–H and O–H groups in total. The van der Waals surface area contributed by atoms with Crippen LogP contribution in [0.4, 0.5) is 4.39 Å². The van der Waals surface area contributed by atoms with Gasteiger partial charge in [0.1, 0.15) is 5.82 Å². The number of thiophene rings is 1. The lowest BCUT2D eigenvalue weighted by molar-refractivity contribution is -0.134. The fourth-order valence-corrected chi connectivity index (χ4v) is 4.33. The van der Waals surface area contributed by atoms with Gasteiger partial charge in [0.05, 0.1) is 6.04 Å². The molecular formula is C17H19BrClFN2OS. The highest BCUT2D eigenvalue weighted by molar-refractivity contribution is 9.10. The van der Waals surface area contributed by atoms with E-state index in [0.717, 1.165) is 23.0 Å². The molecule has 1 fully saturated rings. The number of nitrogens with zero attached hydrogens (tertiary/aromatic N) is 1. The van der Waals surface area contributed by atoms with Gasteiger partial charge in [-0.1, -0.05) is 12.1 Å². The number of rotatable bonds is 4. The number of amides is 1. The third kappa shape index (κ3) is 4.79. The molecule has 1 aromatic heterocycles. The van der Waals surface area contributed by atoms with E-state index >= 15 is 0 Å². The summed E-state index contributed by atoms with van der Waals surface area (Å²) in [7, 11) is 0. The van der Waals surface area contributed by atoms with Gasteiger partial charge in [0.25, 0.3) is 0 Å². The first-order valence-electron chi connectivity index (χ1n) is 7.62. The maximum atomic E-state index is 13.5. The summed E-state index contributed by atoms with van der Waals surface area (Å²) in [6.45, 7) is 2.11. The molecule has 0 spiro atoms. The number of aryl methyl sites for hydroxylation is 1. The summed E-state index contributed by atoms with van der Waals surface area (Å²) in [6.07, 6.45) is 1.23. The van der Waals surface area contributed by atoms with Crippen LogP contribution in [0.25, 0.3) is 0 Å². The van der Waals surface area contributed by atoms with Gasteiger partial charge in [0.15, 0.2) is 0 Å². The van der Waals surface area contributed by atoms with Crippen LogP contribution < -0.4 is 5.32 Å². The Morgan fingerprint density at radius 2 is 2.25 bits per heavy atom. The van der Waals surface area contributed by atoms with Crippen molar-refractivity contribution in [2.24, 2.45) is 0 Å². The lowest BCUT2D eigenvalue weighted by atomic mass is 10.0. The number of carbonyl (C=O) groups is 1. The summed E-state index contributed by atoms with van der Waals surface area (Å²) < 4.78 is 14.6. The molecule has 2 aromatic rings. The van der Waals surface area contributed by atoms with Crippen LogP contribution in [0.3, 0.4) is 0 Å². The molecule has 7 heteroatoms. The van der Waals surface area contributed by atoms with E-state index in [4.69, 9.17) is 0 Å². The fourth-order valence-electron chi connectivity index (χ4n) is 2.87. The maximum absolute atomic E-state index is 13.5. The largest absolute Gasteiger partial charge is 0.333 e. The summed E-state index contributed by atoms with van der Waals surface area (Å²) in [5.41, 5.74) is 0.851. The Morgan fingerprint density at radius 1 is 1.42 bits per heavy atom. The van der Waals surface area contributed by atoms with Crippen molar-refractivity contribution in [3.05, 3.63) is 56.4 Å². The van der Waals surface area contributed by atoms with E-state index in [1.54, 1.807) is 17.4 Å². The third-order valence-electron chi connectivity index (χ3n) is 4.00. The van der Waals surface area contributed by atoms with E-state index in [9.17, 15) is 9.18 Å². The molecule has 1 amide bonds. The molecule has 2 heterocycles. The van der Waals surface area contributed by atoms with Gasteiger partial charge in [-0.05, 0) is 46.1 Å². The van der Waals surface area contributed by atoms with Crippen molar-refractivity contribution in [3.8, 4) is 0 Å². The highest BCUT2D eigenvalue weighted by Crippen LogP contribution is 2.25. The van der Waals surface area contributed by atoms with Crippen molar-refractivity contribution in [1.82, 2.24) is 10.2 Å². The quantitative estimate of drug-likeness (QED) is 0.784. The number of nitrogens with one attached hydrogen (secondary N) is 1. The normalized spacial score (nSPS) is 17.4. The van der Waals surface area contributed by atoms with Crippen LogP contribution in [0.2, 0.25) is 0 Å². The Morgan fingerprint density at radius 3 is 2.96 bits per heavy atom. The van der Waals surface area contributed by atoms with Crippen LogP contribution in [0.1, 0.15) is 22.9 Å². The Balaban J connectivity index is 0.00000208. The van der Waals surface area contributed by atoms with E-state index in [-0.39, 0.29) is 30.2 Å². The summed E-state index contributed by atoms with van der Waals surface area (Å²) >= 11 is 5.09. The first-order chi connectivity index (χ1) is 11.1. The topological polar surface area (TPSA) is 32.3 Å². The Hall–Kier alpha value is -0.950. The molecule has 0 aliphatic carbocycles. The number of halogens is 3. The number of hydrogen-bond acceptors (Lipinski definition) is 3. The van der Waals surface area contributed by atoms with E-state index in [0.29, 0.717) is 19.5 Å². The van der Waals surface area contributed by atoms with Gasteiger partial charge in [0, 0.05) is 40.8 Å². The fraction of sp³-hybridized carbons (Fsp3) is 0.353. The Labute approximate surface area is 159 Å². The van der Waals surface area contributed by atoms with Gasteiger partial charge in [-0.2, -0.15) is 0 Å². The van der Waals surface area contributed by atoms with Gasteiger partial charge in [-0.3, -0.25) is 4.79 Å². The summed E-state index contributed by atoms with van der Waals surface area (Å²) in [4.78, 5) is 15.7. The van der Waals surface area contributed by atoms with E-state index < -0.39 is 0 Å². The number of carbonyl (C=O) groups excluding carboxylic acids is 1. The van der Waals surface area contributed by atoms with Crippen LogP contribution in [0.5, 0.6) is 0 Å². The molecule has 0 radical (unpaired) electrons. The van der Waals surface area contributed by atoms with Gasteiger partial charge in [-0.25, -0.2) is 4.39 Å². The van der Waals surface area contributed by atoms with Crippen molar-refractivity contribution in [1.29, 1.82) is 0 Å². The second kappa shape index (κ2) is 8.94. The Bertz CT molecular complexity index is 697. The lowest BCUT2D eigenvalue weighted by Gasteiger charge is -2.36. The molecule has 130 valence electrons. The highest BCUT2D eigenvalue weighted by Gasteiger charge is 2.27. The van der Waals surface area contributed by atoms with E-state index in [1.807, 2.05) is 16.3 Å². The van der Waals surface area contributed by atoms with Crippen molar-refractivity contribution >= 4 is 45.6 Å². The molecule has 1 saturated heterocycles. The molecule has 0 saturated carbocycles. The number of piperazine rings is 1. The van der Waals surface area contributed by atoms with Crippen LogP contribution in [0, 0.1) is 5.82 Å². The molecule has 0 bridgehead atoms. The van der Waals surface area contributed by atoms with Gasteiger partial charge in [0.2, 0.25) is 5.91 Å². The Kier molecular flexibility index (Phi) is 7.22. The molecule has 1 aromatic carbocycles. The van der Waals surface area contributed by atoms with Crippen LogP contribution in [-0.2, 0) is 11.2 Å². The monoisotopic (exact) mass is 432 g/mol.